The SMILES string of the molecule is O=C(Nc1ccc2c(c1)CCC2)C1CCCN1C(=O)C12CC3CC(CC(C3)C1)C2. The molecule has 5 aliphatic carbocycles. The predicted octanol–water partition coefficient (Wildman–Crippen LogP) is 4.32. The van der Waals surface area contributed by atoms with Gasteiger partial charge in [-0.1, -0.05) is 6.07 Å². The molecule has 2 amide bonds. The van der Waals surface area contributed by atoms with Crippen LogP contribution >= 0.6 is 0 Å². The van der Waals surface area contributed by atoms with Crippen molar-refractivity contribution in [1.29, 1.82) is 0 Å². The van der Waals surface area contributed by atoms with E-state index < -0.39 is 0 Å². The van der Waals surface area contributed by atoms with Crippen LogP contribution in [0.5, 0.6) is 0 Å². The third-order valence-corrected chi connectivity index (χ3v) is 8.67. The summed E-state index contributed by atoms with van der Waals surface area (Å²) in [5, 5.41) is 3.14. The third kappa shape index (κ3) is 2.93. The minimum absolute atomic E-state index is 0.0125. The molecule has 1 atom stereocenters. The predicted molar refractivity (Wildman–Crippen MR) is 112 cm³/mol. The Labute approximate surface area is 173 Å². The van der Waals surface area contributed by atoms with Gasteiger partial charge in [-0.05, 0) is 112 Å². The van der Waals surface area contributed by atoms with Crippen molar-refractivity contribution >= 4 is 17.5 Å². The molecule has 4 saturated carbocycles. The van der Waals surface area contributed by atoms with Crippen LogP contribution in [0.1, 0.15) is 68.9 Å². The molecule has 4 nitrogen and oxygen atoms in total. The molecule has 1 heterocycles. The normalized spacial score (nSPS) is 37.0. The first-order chi connectivity index (χ1) is 14.1. The van der Waals surface area contributed by atoms with Crippen LogP contribution in [0.15, 0.2) is 18.2 Å². The summed E-state index contributed by atoms with van der Waals surface area (Å²) in [7, 11) is 0. The fraction of sp³-hybridized carbons (Fsp3) is 0.680. The lowest BCUT2D eigenvalue weighted by molar-refractivity contribution is -0.160. The van der Waals surface area contributed by atoms with E-state index in [2.05, 4.69) is 17.4 Å². The number of benzene rings is 1. The number of nitrogens with one attached hydrogen (secondary N) is 1. The first-order valence-corrected chi connectivity index (χ1v) is 11.8. The maximum absolute atomic E-state index is 13.8. The monoisotopic (exact) mass is 392 g/mol. The van der Waals surface area contributed by atoms with Gasteiger partial charge in [0.15, 0.2) is 0 Å². The van der Waals surface area contributed by atoms with E-state index in [0.29, 0.717) is 5.91 Å². The smallest absolute Gasteiger partial charge is 0.247 e. The van der Waals surface area contributed by atoms with Crippen molar-refractivity contribution in [2.24, 2.45) is 23.2 Å². The van der Waals surface area contributed by atoms with E-state index in [0.717, 1.165) is 74.9 Å². The summed E-state index contributed by atoms with van der Waals surface area (Å²) in [6, 6.07) is 6.04. The Morgan fingerprint density at radius 1 is 0.931 bits per heavy atom. The Morgan fingerprint density at radius 3 is 2.34 bits per heavy atom. The van der Waals surface area contributed by atoms with E-state index in [4.69, 9.17) is 0 Å². The van der Waals surface area contributed by atoms with Crippen molar-refractivity contribution in [2.75, 3.05) is 11.9 Å². The van der Waals surface area contributed by atoms with Crippen molar-refractivity contribution in [2.45, 2.75) is 76.7 Å². The van der Waals surface area contributed by atoms with Crippen molar-refractivity contribution in [1.82, 2.24) is 4.90 Å². The fourth-order valence-electron chi connectivity index (χ4n) is 7.83. The Hall–Kier alpha value is -1.84. The van der Waals surface area contributed by atoms with Crippen LogP contribution < -0.4 is 5.32 Å². The standard InChI is InChI=1S/C25H32N2O2/c28-23(26-21-7-6-19-3-1-4-20(19)12-21)22-5-2-8-27(22)24(29)25-13-16-9-17(14-25)11-18(10-16)15-25/h6-7,12,16-18,22H,1-5,8-11,13-15H2,(H,26,28). The Morgan fingerprint density at radius 2 is 1.62 bits per heavy atom. The Balaban J connectivity index is 1.19. The lowest BCUT2D eigenvalue weighted by Gasteiger charge is -2.56. The number of amides is 2. The van der Waals surface area contributed by atoms with Crippen LogP contribution in [-0.2, 0) is 22.4 Å². The average molecular weight is 393 g/mol. The second kappa shape index (κ2) is 6.58. The summed E-state index contributed by atoms with van der Waals surface area (Å²) >= 11 is 0. The molecule has 0 radical (unpaired) electrons. The maximum Gasteiger partial charge on any atom is 0.247 e. The van der Waals surface area contributed by atoms with Crippen molar-refractivity contribution < 1.29 is 9.59 Å². The van der Waals surface area contributed by atoms with E-state index >= 15 is 0 Å². The van der Waals surface area contributed by atoms with Gasteiger partial charge in [0.25, 0.3) is 0 Å². The van der Waals surface area contributed by atoms with E-state index in [1.165, 1.54) is 36.8 Å². The topological polar surface area (TPSA) is 49.4 Å². The van der Waals surface area contributed by atoms with Crippen molar-refractivity contribution in [3.8, 4) is 0 Å². The molecule has 5 fully saturated rings. The van der Waals surface area contributed by atoms with Gasteiger partial charge in [0.2, 0.25) is 11.8 Å². The van der Waals surface area contributed by atoms with Crippen LogP contribution in [0.4, 0.5) is 5.69 Å². The lowest BCUT2D eigenvalue weighted by atomic mass is 9.49. The number of aryl methyl sites for hydroxylation is 2. The first kappa shape index (κ1) is 18.0. The average Bonchev–Trinajstić information content (AvgIpc) is 3.35. The van der Waals surface area contributed by atoms with E-state index in [9.17, 15) is 9.59 Å². The maximum atomic E-state index is 13.8. The van der Waals surface area contributed by atoms with Gasteiger partial charge in [0.05, 0.1) is 5.41 Å². The van der Waals surface area contributed by atoms with Crippen LogP contribution in [0.3, 0.4) is 0 Å². The van der Waals surface area contributed by atoms with Gasteiger partial charge in [0.1, 0.15) is 6.04 Å². The van der Waals surface area contributed by atoms with Gasteiger partial charge < -0.3 is 10.2 Å². The second-order valence-electron chi connectivity index (χ2n) is 10.7. The van der Waals surface area contributed by atoms with Crippen LogP contribution in [0, 0.1) is 23.2 Å². The zero-order chi connectivity index (χ0) is 19.6. The molecule has 29 heavy (non-hydrogen) atoms. The fourth-order valence-corrected chi connectivity index (χ4v) is 7.83. The summed E-state index contributed by atoms with van der Waals surface area (Å²) < 4.78 is 0. The molecule has 1 saturated heterocycles. The molecular weight excluding hydrogens is 360 g/mol. The molecule has 7 rings (SSSR count). The number of hydrogen-bond donors (Lipinski definition) is 1. The first-order valence-electron chi connectivity index (χ1n) is 11.8. The summed E-state index contributed by atoms with van der Waals surface area (Å²) in [5.74, 6) is 2.59. The number of carbonyl (C=O) groups is 2. The van der Waals surface area contributed by atoms with Gasteiger partial charge in [-0.15, -0.1) is 0 Å². The molecule has 1 aromatic rings. The van der Waals surface area contributed by atoms with Crippen molar-refractivity contribution in [3.63, 3.8) is 0 Å². The van der Waals surface area contributed by atoms with Gasteiger partial charge in [-0.25, -0.2) is 0 Å². The Kier molecular flexibility index (Phi) is 4.08. The number of carbonyl (C=O) groups excluding carboxylic acids is 2. The molecule has 1 N–H and O–H groups in total. The van der Waals surface area contributed by atoms with Crippen LogP contribution in [0.25, 0.3) is 0 Å². The number of nitrogens with zero attached hydrogens (tertiary/aromatic N) is 1. The van der Waals surface area contributed by atoms with E-state index in [1.54, 1.807) is 0 Å². The molecule has 1 unspecified atom stereocenters. The molecule has 0 spiro atoms. The zero-order valence-electron chi connectivity index (χ0n) is 17.3. The lowest BCUT2D eigenvalue weighted by Crippen LogP contribution is -2.56. The number of hydrogen-bond acceptors (Lipinski definition) is 2. The molecule has 4 bridgehead atoms. The van der Waals surface area contributed by atoms with Crippen molar-refractivity contribution in [3.05, 3.63) is 29.3 Å². The third-order valence-electron chi connectivity index (χ3n) is 8.67. The van der Waals surface area contributed by atoms with Gasteiger partial charge >= 0.3 is 0 Å². The minimum atomic E-state index is -0.288. The Bertz CT molecular complexity index is 825. The number of rotatable bonds is 3. The van der Waals surface area contributed by atoms with Gasteiger partial charge in [0, 0.05) is 12.2 Å². The molecular formula is C25H32N2O2. The summed E-state index contributed by atoms with van der Waals surface area (Å²) in [6.45, 7) is 0.753. The minimum Gasteiger partial charge on any atom is -0.330 e. The van der Waals surface area contributed by atoms with Crippen LogP contribution in [-0.4, -0.2) is 29.3 Å². The molecule has 1 aromatic carbocycles. The van der Waals surface area contributed by atoms with Gasteiger partial charge in [-0.3, -0.25) is 9.59 Å². The number of fused-ring (bicyclic) bond motifs is 1. The summed E-state index contributed by atoms with van der Waals surface area (Å²) in [4.78, 5) is 28.9. The quantitative estimate of drug-likeness (QED) is 0.833. The molecule has 154 valence electrons. The highest BCUT2D eigenvalue weighted by Gasteiger charge is 2.56. The van der Waals surface area contributed by atoms with Crippen LogP contribution in [0.2, 0.25) is 0 Å². The van der Waals surface area contributed by atoms with Gasteiger partial charge in [-0.2, -0.15) is 0 Å². The molecule has 1 aliphatic heterocycles. The molecule has 6 aliphatic rings. The molecule has 4 heteroatoms. The highest BCUT2D eigenvalue weighted by molar-refractivity contribution is 5.98. The molecule has 0 aromatic heterocycles. The highest BCUT2D eigenvalue weighted by Crippen LogP contribution is 2.60. The van der Waals surface area contributed by atoms with E-state index in [-0.39, 0.29) is 17.4 Å². The summed E-state index contributed by atoms with van der Waals surface area (Å²) in [6.07, 6.45) is 12.5. The summed E-state index contributed by atoms with van der Waals surface area (Å²) in [5.41, 5.74) is 3.54. The second-order valence-corrected chi connectivity index (χ2v) is 10.7. The highest BCUT2D eigenvalue weighted by atomic mass is 16.2. The zero-order valence-corrected chi connectivity index (χ0v) is 17.3. The number of anilines is 1. The number of likely N-dealkylation sites (tertiary alicyclic amines) is 1. The van der Waals surface area contributed by atoms with E-state index in [1.807, 2.05) is 11.0 Å². The largest absolute Gasteiger partial charge is 0.330 e.